The Morgan fingerprint density at radius 1 is 1.25 bits per heavy atom. The van der Waals surface area contributed by atoms with Gasteiger partial charge in [0.25, 0.3) is 5.91 Å². The molecule has 1 aromatic carbocycles. The van der Waals surface area contributed by atoms with E-state index in [0.29, 0.717) is 30.4 Å². The molecule has 1 N–H and O–H groups in total. The van der Waals surface area contributed by atoms with E-state index >= 15 is 0 Å². The molecule has 1 aliphatic rings. The molecule has 0 bridgehead atoms. The molecular formula is C17H21ClN4O2. The first-order valence-electron chi connectivity index (χ1n) is 8.04. The lowest BCUT2D eigenvalue weighted by Crippen LogP contribution is -2.49. The first kappa shape index (κ1) is 17.0. The molecule has 0 saturated carbocycles. The average Bonchev–Trinajstić information content (AvgIpc) is 2.97. The van der Waals surface area contributed by atoms with Crippen molar-refractivity contribution in [2.75, 3.05) is 39.3 Å². The van der Waals surface area contributed by atoms with Crippen LogP contribution in [0.2, 0.25) is 5.02 Å². The molecule has 1 aliphatic heterocycles. The number of rotatable bonds is 4. The second kappa shape index (κ2) is 7.34. The fraction of sp³-hybridized carbons (Fsp3) is 0.412. The number of para-hydroxylation sites is 1. The van der Waals surface area contributed by atoms with Gasteiger partial charge in [0.1, 0.15) is 0 Å². The molecule has 0 radical (unpaired) electrons. The van der Waals surface area contributed by atoms with E-state index in [9.17, 15) is 4.79 Å². The predicted molar refractivity (Wildman–Crippen MR) is 92.7 cm³/mol. The van der Waals surface area contributed by atoms with Crippen LogP contribution in [0.5, 0.6) is 0 Å². The summed E-state index contributed by atoms with van der Waals surface area (Å²) < 4.78 is 1.71. The molecule has 0 spiro atoms. The highest BCUT2D eigenvalue weighted by Gasteiger charge is 2.24. The van der Waals surface area contributed by atoms with Crippen LogP contribution in [0.15, 0.2) is 30.3 Å². The second-order valence-corrected chi connectivity index (χ2v) is 6.30. The molecule has 24 heavy (non-hydrogen) atoms. The third-order valence-electron chi connectivity index (χ3n) is 4.26. The third kappa shape index (κ3) is 3.45. The van der Waals surface area contributed by atoms with Crippen molar-refractivity contribution in [3.05, 3.63) is 46.7 Å². The topological polar surface area (TPSA) is 61.6 Å². The molecule has 2 aromatic rings. The van der Waals surface area contributed by atoms with Gasteiger partial charge in [-0.05, 0) is 25.1 Å². The number of amides is 1. The van der Waals surface area contributed by atoms with Gasteiger partial charge in [-0.3, -0.25) is 9.69 Å². The fourth-order valence-electron chi connectivity index (χ4n) is 2.92. The molecule has 6 nitrogen and oxygen atoms in total. The van der Waals surface area contributed by atoms with Gasteiger partial charge >= 0.3 is 0 Å². The van der Waals surface area contributed by atoms with Crippen LogP contribution in [-0.4, -0.2) is 69.9 Å². The summed E-state index contributed by atoms with van der Waals surface area (Å²) in [7, 11) is 0. The minimum atomic E-state index is -0.0625. The lowest BCUT2D eigenvalue weighted by molar-refractivity contribution is 0.0609. The molecule has 7 heteroatoms. The maximum Gasteiger partial charge on any atom is 0.274 e. The van der Waals surface area contributed by atoms with Crippen molar-refractivity contribution in [1.29, 1.82) is 0 Å². The monoisotopic (exact) mass is 348 g/mol. The van der Waals surface area contributed by atoms with E-state index in [-0.39, 0.29) is 12.5 Å². The van der Waals surface area contributed by atoms with Crippen molar-refractivity contribution >= 4 is 17.5 Å². The number of halogens is 1. The number of carbonyl (C=O) groups is 1. The van der Waals surface area contributed by atoms with Crippen LogP contribution in [0, 0.1) is 6.92 Å². The van der Waals surface area contributed by atoms with Crippen LogP contribution in [0.3, 0.4) is 0 Å². The van der Waals surface area contributed by atoms with Crippen molar-refractivity contribution in [3.63, 3.8) is 0 Å². The van der Waals surface area contributed by atoms with Gasteiger partial charge < -0.3 is 10.0 Å². The standard InChI is InChI=1S/C17H21ClN4O2/c1-13-12-15(19-22(13)16-5-3-2-4-14(16)18)17(24)21-8-6-20(7-9-21)10-11-23/h2-5,12,23H,6-11H2,1H3. The molecule has 0 atom stereocenters. The minimum absolute atomic E-state index is 0.0625. The Bertz CT molecular complexity index is 723. The van der Waals surface area contributed by atoms with Gasteiger partial charge in [0.2, 0.25) is 0 Å². The van der Waals surface area contributed by atoms with Crippen LogP contribution < -0.4 is 0 Å². The Kier molecular flexibility index (Phi) is 5.18. The fourth-order valence-corrected chi connectivity index (χ4v) is 3.14. The number of nitrogens with zero attached hydrogens (tertiary/aromatic N) is 4. The normalized spacial score (nSPS) is 15.7. The molecule has 1 fully saturated rings. The summed E-state index contributed by atoms with van der Waals surface area (Å²) in [6, 6.07) is 9.24. The smallest absolute Gasteiger partial charge is 0.274 e. The molecular weight excluding hydrogens is 328 g/mol. The number of aliphatic hydroxyl groups excluding tert-OH is 1. The number of hydrogen-bond donors (Lipinski definition) is 1. The van der Waals surface area contributed by atoms with E-state index in [1.807, 2.05) is 30.0 Å². The lowest BCUT2D eigenvalue weighted by Gasteiger charge is -2.33. The number of β-amino-alcohol motifs (C(OH)–C–C–N with tert-alkyl or cyclic N) is 1. The van der Waals surface area contributed by atoms with Gasteiger partial charge in [-0.15, -0.1) is 0 Å². The summed E-state index contributed by atoms with van der Waals surface area (Å²) in [6.07, 6.45) is 0. The highest BCUT2D eigenvalue weighted by Crippen LogP contribution is 2.21. The zero-order chi connectivity index (χ0) is 17.1. The highest BCUT2D eigenvalue weighted by molar-refractivity contribution is 6.32. The van der Waals surface area contributed by atoms with Crippen LogP contribution in [-0.2, 0) is 0 Å². The maximum absolute atomic E-state index is 12.7. The molecule has 1 aromatic heterocycles. The molecule has 0 aliphatic carbocycles. The highest BCUT2D eigenvalue weighted by atomic mass is 35.5. The quantitative estimate of drug-likeness (QED) is 0.911. The van der Waals surface area contributed by atoms with Crippen LogP contribution in [0.25, 0.3) is 5.69 Å². The molecule has 128 valence electrons. The lowest BCUT2D eigenvalue weighted by atomic mass is 10.2. The zero-order valence-electron chi connectivity index (χ0n) is 13.7. The summed E-state index contributed by atoms with van der Waals surface area (Å²) in [4.78, 5) is 16.7. The van der Waals surface area contributed by atoms with E-state index in [4.69, 9.17) is 16.7 Å². The van der Waals surface area contributed by atoms with Gasteiger partial charge in [0.15, 0.2) is 5.69 Å². The average molecular weight is 349 g/mol. The van der Waals surface area contributed by atoms with Crippen molar-refractivity contribution < 1.29 is 9.90 Å². The number of hydrogen-bond acceptors (Lipinski definition) is 4. The van der Waals surface area contributed by atoms with Crippen LogP contribution >= 0.6 is 11.6 Å². The summed E-state index contributed by atoms with van der Waals surface area (Å²) in [5.41, 5.74) is 2.07. The van der Waals surface area contributed by atoms with E-state index in [1.54, 1.807) is 16.8 Å². The summed E-state index contributed by atoms with van der Waals surface area (Å²) >= 11 is 6.23. The number of benzene rings is 1. The number of aromatic nitrogens is 2. The van der Waals surface area contributed by atoms with Crippen molar-refractivity contribution in [1.82, 2.24) is 19.6 Å². The second-order valence-electron chi connectivity index (χ2n) is 5.89. The Balaban J connectivity index is 1.76. The molecule has 2 heterocycles. The number of aliphatic hydroxyl groups is 1. The predicted octanol–water partition coefficient (Wildman–Crippen LogP) is 1.58. The Hall–Kier alpha value is -1.89. The Morgan fingerprint density at radius 2 is 1.96 bits per heavy atom. The zero-order valence-corrected chi connectivity index (χ0v) is 14.4. The minimum Gasteiger partial charge on any atom is -0.395 e. The van der Waals surface area contributed by atoms with Gasteiger partial charge in [-0.25, -0.2) is 4.68 Å². The van der Waals surface area contributed by atoms with Gasteiger partial charge in [0, 0.05) is 38.4 Å². The first-order chi connectivity index (χ1) is 11.6. The first-order valence-corrected chi connectivity index (χ1v) is 8.42. The molecule has 0 unspecified atom stereocenters. The van der Waals surface area contributed by atoms with Gasteiger partial charge in [-0.1, -0.05) is 23.7 Å². The van der Waals surface area contributed by atoms with Crippen LogP contribution in [0.1, 0.15) is 16.2 Å². The number of piperazine rings is 1. The number of aryl methyl sites for hydroxylation is 1. The molecule has 1 amide bonds. The SMILES string of the molecule is Cc1cc(C(=O)N2CCN(CCO)CC2)nn1-c1ccccc1Cl. The summed E-state index contributed by atoms with van der Waals surface area (Å²) in [5, 5.41) is 14.0. The summed E-state index contributed by atoms with van der Waals surface area (Å²) in [5.74, 6) is -0.0625. The molecule has 1 saturated heterocycles. The van der Waals surface area contributed by atoms with Crippen molar-refractivity contribution in [2.45, 2.75) is 6.92 Å². The third-order valence-corrected chi connectivity index (χ3v) is 4.58. The van der Waals surface area contributed by atoms with E-state index in [0.717, 1.165) is 24.5 Å². The van der Waals surface area contributed by atoms with Gasteiger partial charge in [0.05, 0.1) is 17.3 Å². The van der Waals surface area contributed by atoms with E-state index in [1.165, 1.54) is 0 Å². The van der Waals surface area contributed by atoms with E-state index < -0.39 is 0 Å². The van der Waals surface area contributed by atoms with Crippen molar-refractivity contribution in [3.8, 4) is 5.69 Å². The van der Waals surface area contributed by atoms with Crippen molar-refractivity contribution in [2.24, 2.45) is 0 Å². The molecule has 3 rings (SSSR count). The number of carbonyl (C=O) groups excluding carboxylic acids is 1. The maximum atomic E-state index is 12.7. The van der Waals surface area contributed by atoms with Gasteiger partial charge in [-0.2, -0.15) is 5.10 Å². The van der Waals surface area contributed by atoms with Crippen LogP contribution in [0.4, 0.5) is 0 Å². The summed E-state index contributed by atoms with van der Waals surface area (Å²) in [6.45, 7) is 5.56. The Labute approximate surface area is 146 Å². The Morgan fingerprint density at radius 3 is 2.62 bits per heavy atom. The largest absolute Gasteiger partial charge is 0.395 e. The van der Waals surface area contributed by atoms with E-state index in [2.05, 4.69) is 10.00 Å².